The number of ether oxygens (including phenoxy) is 1. The number of methoxy groups -OCH3 is 1. The van der Waals surface area contributed by atoms with E-state index in [2.05, 4.69) is 9.72 Å². The van der Waals surface area contributed by atoms with E-state index in [9.17, 15) is 14.9 Å². The number of hydrogen-bond acceptors (Lipinski definition) is 7. The van der Waals surface area contributed by atoms with E-state index in [1.54, 1.807) is 11.9 Å². The minimum atomic E-state index is -0.602. The molecule has 0 radical (unpaired) electrons. The SMILES string of the molecule is COC(=O)CCCN(C)c1ncc([N+](=O)[O-])cc1C#N. The van der Waals surface area contributed by atoms with Crippen molar-refractivity contribution in [1.29, 1.82) is 5.26 Å². The number of carbonyl (C=O) groups excluding carboxylic acids is 1. The van der Waals surface area contributed by atoms with Gasteiger partial charge in [0.1, 0.15) is 23.6 Å². The Morgan fingerprint density at radius 3 is 2.90 bits per heavy atom. The van der Waals surface area contributed by atoms with Gasteiger partial charge in [0.15, 0.2) is 0 Å². The monoisotopic (exact) mass is 278 g/mol. The first-order valence-corrected chi connectivity index (χ1v) is 5.82. The van der Waals surface area contributed by atoms with Crippen molar-refractivity contribution in [3.8, 4) is 6.07 Å². The second-order valence-corrected chi connectivity index (χ2v) is 4.03. The molecule has 1 aromatic rings. The molecular weight excluding hydrogens is 264 g/mol. The van der Waals surface area contributed by atoms with Crippen LogP contribution in [0.2, 0.25) is 0 Å². The second-order valence-electron chi connectivity index (χ2n) is 4.03. The first-order valence-electron chi connectivity index (χ1n) is 5.82. The first kappa shape index (κ1) is 15.4. The fourth-order valence-electron chi connectivity index (χ4n) is 1.60. The lowest BCUT2D eigenvalue weighted by Crippen LogP contribution is -2.21. The fraction of sp³-hybridized carbons (Fsp3) is 0.417. The van der Waals surface area contributed by atoms with E-state index in [0.717, 1.165) is 6.20 Å². The van der Waals surface area contributed by atoms with Crippen LogP contribution in [-0.4, -0.2) is 36.6 Å². The Kier molecular flexibility index (Phi) is 5.41. The van der Waals surface area contributed by atoms with Crippen LogP contribution in [0.1, 0.15) is 18.4 Å². The van der Waals surface area contributed by atoms with Crippen molar-refractivity contribution in [1.82, 2.24) is 4.98 Å². The summed E-state index contributed by atoms with van der Waals surface area (Å²) >= 11 is 0. The molecule has 8 heteroatoms. The molecule has 0 unspecified atom stereocenters. The van der Waals surface area contributed by atoms with E-state index in [4.69, 9.17) is 5.26 Å². The highest BCUT2D eigenvalue weighted by Gasteiger charge is 2.15. The largest absolute Gasteiger partial charge is 0.469 e. The van der Waals surface area contributed by atoms with Gasteiger partial charge in [0, 0.05) is 26.1 Å². The molecule has 0 amide bonds. The molecule has 0 N–H and O–H groups in total. The number of esters is 1. The Morgan fingerprint density at radius 2 is 2.35 bits per heavy atom. The fourth-order valence-corrected chi connectivity index (χ4v) is 1.60. The molecule has 0 saturated carbocycles. The lowest BCUT2D eigenvalue weighted by molar-refractivity contribution is -0.385. The zero-order valence-electron chi connectivity index (χ0n) is 11.2. The molecule has 0 aliphatic carbocycles. The molecule has 0 bridgehead atoms. The number of carbonyl (C=O) groups is 1. The Labute approximate surface area is 115 Å². The third kappa shape index (κ3) is 3.91. The molecule has 0 spiro atoms. The standard InChI is InChI=1S/C12H14N4O4/c1-15(5-3-4-11(17)20-2)12-9(7-13)6-10(8-14-12)16(18)19/h6,8H,3-5H2,1-2H3. The van der Waals surface area contributed by atoms with Crippen LogP contribution in [0, 0.1) is 21.4 Å². The van der Waals surface area contributed by atoms with E-state index in [0.29, 0.717) is 18.8 Å². The average molecular weight is 278 g/mol. The minimum absolute atomic E-state index is 0.125. The molecule has 106 valence electrons. The molecule has 0 saturated heterocycles. The molecule has 0 aromatic carbocycles. The van der Waals surface area contributed by atoms with Crippen molar-refractivity contribution in [2.75, 3.05) is 25.6 Å². The van der Waals surface area contributed by atoms with Crippen molar-refractivity contribution in [2.24, 2.45) is 0 Å². The van der Waals surface area contributed by atoms with Crippen molar-refractivity contribution < 1.29 is 14.5 Å². The lowest BCUT2D eigenvalue weighted by atomic mass is 10.2. The second kappa shape index (κ2) is 7.04. The summed E-state index contributed by atoms with van der Waals surface area (Å²) in [4.78, 5) is 26.6. The van der Waals surface area contributed by atoms with Crippen LogP contribution in [0.15, 0.2) is 12.3 Å². The first-order chi connectivity index (χ1) is 9.49. The third-order valence-corrected chi connectivity index (χ3v) is 2.65. The van der Waals surface area contributed by atoms with Gasteiger partial charge in [-0.2, -0.15) is 5.26 Å². The molecule has 0 atom stereocenters. The summed E-state index contributed by atoms with van der Waals surface area (Å²) in [6.07, 6.45) is 1.90. The molecule has 0 fully saturated rings. The van der Waals surface area contributed by atoms with Crippen LogP contribution in [-0.2, 0) is 9.53 Å². The Bertz CT molecular complexity index is 553. The molecule has 20 heavy (non-hydrogen) atoms. The predicted octanol–water partition coefficient (Wildman–Crippen LogP) is 1.25. The maximum absolute atomic E-state index is 11.0. The number of aromatic nitrogens is 1. The molecular formula is C12H14N4O4. The average Bonchev–Trinajstić information content (AvgIpc) is 2.45. The van der Waals surface area contributed by atoms with Crippen LogP contribution in [0.25, 0.3) is 0 Å². The van der Waals surface area contributed by atoms with E-state index in [-0.39, 0.29) is 23.6 Å². The summed E-state index contributed by atoms with van der Waals surface area (Å²) in [6, 6.07) is 3.06. The maximum Gasteiger partial charge on any atom is 0.305 e. The smallest absolute Gasteiger partial charge is 0.305 e. The van der Waals surface area contributed by atoms with Gasteiger partial charge < -0.3 is 9.64 Å². The van der Waals surface area contributed by atoms with Gasteiger partial charge in [-0.1, -0.05) is 0 Å². The van der Waals surface area contributed by atoms with Gasteiger partial charge in [0.2, 0.25) is 0 Å². The van der Waals surface area contributed by atoms with Crippen molar-refractivity contribution in [2.45, 2.75) is 12.8 Å². The van der Waals surface area contributed by atoms with Gasteiger partial charge in [-0.3, -0.25) is 14.9 Å². The number of nitriles is 1. The number of nitro groups is 1. The summed E-state index contributed by atoms with van der Waals surface area (Å²) in [7, 11) is 3.02. The van der Waals surface area contributed by atoms with Gasteiger partial charge in [0.05, 0.1) is 12.0 Å². The molecule has 0 aliphatic heterocycles. The Morgan fingerprint density at radius 1 is 1.65 bits per heavy atom. The Hall–Kier alpha value is -2.69. The van der Waals surface area contributed by atoms with Crippen LogP contribution in [0.4, 0.5) is 11.5 Å². The summed E-state index contributed by atoms with van der Waals surface area (Å²) in [5.41, 5.74) is -0.104. The minimum Gasteiger partial charge on any atom is -0.469 e. The van der Waals surface area contributed by atoms with Gasteiger partial charge in [-0.15, -0.1) is 0 Å². The van der Waals surface area contributed by atoms with Crippen molar-refractivity contribution in [3.05, 3.63) is 27.9 Å². The van der Waals surface area contributed by atoms with E-state index in [1.165, 1.54) is 13.2 Å². The van der Waals surface area contributed by atoms with Crippen molar-refractivity contribution >= 4 is 17.5 Å². The van der Waals surface area contributed by atoms with Crippen LogP contribution >= 0.6 is 0 Å². The van der Waals surface area contributed by atoms with Crippen molar-refractivity contribution in [3.63, 3.8) is 0 Å². The molecule has 1 aromatic heterocycles. The number of nitrogens with zero attached hydrogens (tertiary/aromatic N) is 4. The highest BCUT2D eigenvalue weighted by Crippen LogP contribution is 2.21. The maximum atomic E-state index is 11.0. The topological polar surface area (TPSA) is 109 Å². The molecule has 8 nitrogen and oxygen atoms in total. The highest BCUT2D eigenvalue weighted by molar-refractivity contribution is 5.69. The third-order valence-electron chi connectivity index (χ3n) is 2.65. The quantitative estimate of drug-likeness (QED) is 0.437. The highest BCUT2D eigenvalue weighted by atomic mass is 16.6. The number of rotatable bonds is 6. The summed E-state index contributed by atoms with van der Waals surface area (Å²) < 4.78 is 4.52. The number of pyridine rings is 1. The summed E-state index contributed by atoms with van der Waals surface area (Å²) in [5, 5.41) is 19.6. The van der Waals surface area contributed by atoms with Crippen LogP contribution in [0.5, 0.6) is 0 Å². The molecule has 1 rings (SSSR count). The summed E-state index contributed by atoms with van der Waals surface area (Å²) in [5.74, 6) is 0.0403. The van der Waals surface area contributed by atoms with Crippen LogP contribution < -0.4 is 4.90 Å². The predicted molar refractivity (Wildman–Crippen MR) is 70.1 cm³/mol. The van der Waals surface area contributed by atoms with E-state index in [1.807, 2.05) is 6.07 Å². The zero-order valence-corrected chi connectivity index (χ0v) is 11.2. The van der Waals surface area contributed by atoms with Crippen LogP contribution in [0.3, 0.4) is 0 Å². The number of hydrogen-bond donors (Lipinski definition) is 0. The zero-order chi connectivity index (χ0) is 15.1. The van der Waals surface area contributed by atoms with E-state index >= 15 is 0 Å². The normalized spacial score (nSPS) is 9.65. The molecule has 0 aliphatic rings. The van der Waals surface area contributed by atoms with E-state index < -0.39 is 4.92 Å². The van der Waals surface area contributed by atoms with Gasteiger partial charge >= 0.3 is 5.97 Å². The summed E-state index contributed by atoms with van der Waals surface area (Å²) in [6.45, 7) is 0.481. The van der Waals surface area contributed by atoms with Gasteiger partial charge in [-0.05, 0) is 6.42 Å². The molecule has 1 heterocycles. The number of anilines is 1. The van der Waals surface area contributed by atoms with Gasteiger partial charge in [0.25, 0.3) is 5.69 Å². The lowest BCUT2D eigenvalue weighted by Gasteiger charge is -2.18. The Balaban J connectivity index is 2.78. The van der Waals surface area contributed by atoms with Gasteiger partial charge in [-0.25, -0.2) is 4.98 Å².